The molecule has 5 nitrogen and oxygen atoms in total. The van der Waals surface area contributed by atoms with Gasteiger partial charge < -0.3 is 10.6 Å². The molecule has 24 heavy (non-hydrogen) atoms. The number of halogens is 3. The lowest BCUT2D eigenvalue weighted by atomic mass is 10.1. The molecule has 0 aliphatic rings. The predicted molar refractivity (Wildman–Crippen MR) is 89.1 cm³/mol. The number of nitro groups is 1. The van der Waals surface area contributed by atoms with Gasteiger partial charge in [-0.25, -0.2) is 0 Å². The van der Waals surface area contributed by atoms with Crippen LogP contribution in [0.15, 0.2) is 42.5 Å². The highest BCUT2D eigenvalue weighted by atomic mass is 32.1. The highest BCUT2D eigenvalue weighted by Crippen LogP contribution is 2.34. The normalized spacial score (nSPS) is 11.0. The van der Waals surface area contributed by atoms with Crippen LogP contribution in [0.1, 0.15) is 11.1 Å². The molecular weight excluding hydrogens is 343 g/mol. The van der Waals surface area contributed by atoms with E-state index in [0.29, 0.717) is 11.3 Å². The van der Waals surface area contributed by atoms with Gasteiger partial charge in [-0.2, -0.15) is 13.2 Å². The summed E-state index contributed by atoms with van der Waals surface area (Å²) >= 11 is 4.98. The highest BCUT2D eigenvalue weighted by Gasteiger charge is 2.33. The topological polar surface area (TPSA) is 67.2 Å². The lowest BCUT2D eigenvalue weighted by Crippen LogP contribution is -2.21. The van der Waals surface area contributed by atoms with Crippen molar-refractivity contribution in [2.24, 2.45) is 0 Å². The molecule has 126 valence electrons. The lowest BCUT2D eigenvalue weighted by Gasteiger charge is -2.15. The first-order chi connectivity index (χ1) is 11.2. The quantitative estimate of drug-likeness (QED) is 0.473. The monoisotopic (exact) mass is 355 g/mol. The minimum absolute atomic E-state index is 0.107. The summed E-state index contributed by atoms with van der Waals surface area (Å²) in [6.45, 7) is 1.58. The largest absolute Gasteiger partial charge is 0.418 e. The Hall–Kier alpha value is -2.68. The fraction of sp³-hybridized carbons (Fsp3) is 0.133. The van der Waals surface area contributed by atoms with E-state index in [2.05, 4.69) is 10.6 Å². The van der Waals surface area contributed by atoms with Gasteiger partial charge in [-0.1, -0.05) is 18.2 Å². The molecule has 0 unspecified atom stereocenters. The van der Waals surface area contributed by atoms with Gasteiger partial charge in [0.15, 0.2) is 5.11 Å². The number of thiocarbonyl (C=S) groups is 1. The number of nitro benzene ring substituents is 1. The molecule has 2 N–H and O–H groups in total. The van der Waals surface area contributed by atoms with Gasteiger partial charge in [0.2, 0.25) is 0 Å². The van der Waals surface area contributed by atoms with E-state index in [9.17, 15) is 23.3 Å². The minimum atomic E-state index is -4.53. The van der Waals surface area contributed by atoms with Gasteiger partial charge in [-0.3, -0.25) is 10.1 Å². The molecule has 0 aromatic heterocycles. The Labute approximate surface area is 140 Å². The van der Waals surface area contributed by atoms with E-state index in [-0.39, 0.29) is 16.5 Å². The van der Waals surface area contributed by atoms with Crippen molar-refractivity contribution in [1.82, 2.24) is 0 Å². The Morgan fingerprint density at radius 2 is 1.83 bits per heavy atom. The maximum Gasteiger partial charge on any atom is 0.418 e. The van der Waals surface area contributed by atoms with E-state index in [1.165, 1.54) is 30.3 Å². The van der Waals surface area contributed by atoms with Crippen molar-refractivity contribution >= 4 is 34.4 Å². The minimum Gasteiger partial charge on any atom is -0.332 e. The molecular formula is C15H12F3N3O2S. The Morgan fingerprint density at radius 1 is 1.17 bits per heavy atom. The fourth-order valence-electron chi connectivity index (χ4n) is 2.01. The van der Waals surface area contributed by atoms with Crippen molar-refractivity contribution in [1.29, 1.82) is 0 Å². The van der Waals surface area contributed by atoms with E-state index in [1.807, 2.05) is 0 Å². The summed E-state index contributed by atoms with van der Waals surface area (Å²) in [5, 5.41) is 15.9. The van der Waals surface area contributed by atoms with Crippen LogP contribution in [0.3, 0.4) is 0 Å². The second kappa shape index (κ2) is 6.83. The summed E-state index contributed by atoms with van der Waals surface area (Å²) in [6, 6.07) is 9.22. The average molecular weight is 355 g/mol. The summed E-state index contributed by atoms with van der Waals surface area (Å²) < 4.78 is 38.8. The molecule has 9 heteroatoms. The molecule has 0 spiro atoms. The molecule has 0 radical (unpaired) electrons. The maximum atomic E-state index is 12.9. The van der Waals surface area contributed by atoms with Crippen LogP contribution in [-0.4, -0.2) is 10.0 Å². The SMILES string of the molecule is Cc1ccc(NC(=S)Nc2ccccc2C(F)(F)F)cc1[N+](=O)[O-]. The Morgan fingerprint density at radius 3 is 2.46 bits per heavy atom. The third kappa shape index (κ3) is 4.19. The smallest absolute Gasteiger partial charge is 0.332 e. The van der Waals surface area contributed by atoms with Crippen molar-refractivity contribution in [3.05, 3.63) is 63.7 Å². The van der Waals surface area contributed by atoms with Gasteiger partial charge in [0.25, 0.3) is 5.69 Å². The molecule has 0 fully saturated rings. The highest BCUT2D eigenvalue weighted by molar-refractivity contribution is 7.80. The molecule has 2 aromatic carbocycles. The Bertz CT molecular complexity index is 794. The molecule has 0 heterocycles. The van der Waals surface area contributed by atoms with Crippen LogP contribution in [-0.2, 0) is 6.18 Å². The zero-order valence-corrected chi connectivity index (χ0v) is 13.2. The summed E-state index contributed by atoms with van der Waals surface area (Å²) in [5.41, 5.74) is -0.409. The number of hydrogen-bond donors (Lipinski definition) is 2. The van der Waals surface area contributed by atoms with Crippen molar-refractivity contribution in [3.63, 3.8) is 0 Å². The van der Waals surface area contributed by atoms with Gasteiger partial charge in [-0.05, 0) is 37.3 Å². The Balaban J connectivity index is 2.18. The summed E-state index contributed by atoms with van der Waals surface area (Å²) in [5.74, 6) is 0. The number of rotatable bonds is 3. The first kappa shape index (κ1) is 17.7. The fourth-order valence-corrected chi connectivity index (χ4v) is 2.24. The number of anilines is 2. The van der Waals surface area contributed by atoms with Crippen LogP contribution < -0.4 is 10.6 Å². The van der Waals surface area contributed by atoms with E-state index < -0.39 is 16.7 Å². The summed E-state index contributed by atoms with van der Waals surface area (Å²) in [4.78, 5) is 10.4. The predicted octanol–water partition coefficient (Wildman–Crippen LogP) is 4.73. The van der Waals surface area contributed by atoms with Crippen molar-refractivity contribution in [3.8, 4) is 0 Å². The molecule has 0 aliphatic heterocycles. The van der Waals surface area contributed by atoms with E-state index in [4.69, 9.17) is 12.2 Å². The lowest BCUT2D eigenvalue weighted by molar-refractivity contribution is -0.385. The van der Waals surface area contributed by atoms with Gasteiger partial charge in [-0.15, -0.1) is 0 Å². The average Bonchev–Trinajstić information content (AvgIpc) is 2.48. The van der Waals surface area contributed by atoms with Crippen LogP contribution in [0.5, 0.6) is 0 Å². The number of alkyl halides is 3. The van der Waals surface area contributed by atoms with Crippen LogP contribution in [0.4, 0.5) is 30.2 Å². The van der Waals surface area contributed by atoms with Crippen LogP contribution in [0, 0.1) is 17.0 Å². The number of benzene rings is 2. The molecule has 0 amide bonds. The first-order valence-corrected chi connectivity index (χ1v) is 7.08. The molecule has 2 rings (SSSR count). The second-order valence-corrected chi connectivity index (χ2v) is 5.29. The molecule has 0 bridgehead atoms. The van der Waals surface area contributed by atoms with Crippen molar-refractivity contribution < 1.29 is 18.1 Å². The first-order valence-electron chi connectivity index (χ1n) is 6.68. The van der Waals surface area contributed by atoms with Gasteiger partial charge in [0.05, 0.1) is 16.2 Å². The molecule has 2 aromatic rings. The molecule has 0 saturated carbocycles. The molecule has 0 aliphatic carbocycles. The van der Waals surface area contributed by atoms with Gasteiger partial charge >= 0.3 is 6.18 Å². The molecule has 0 atom stereocenters. The number of nitrogens with zero attached hydrogens (tertiary/aromatic N) is 1. The van der Waals surface area contributed by atoms with E-state index in [1.54, 1.807) is 13.0 Å². The van der Waals surface area contributed by atoms with E-state index >= 15 is 0 Å². The summed E-state index contributed by atoms with van der Waals surface area (Å²) in [7, 11) is 0. The molecule has 0 saturated heterocycles. The van der Waals surface area contributed by atoms with Crippen LogP contribution in [0.25, 0.3) is 0 Å². The maximum absolute atomic E-state index is 12.9. The van der Waals surface area contributed by atoms with Gasteiger partial charge in [0, 0.05) is 17.3 Å². The zero-order valence-electron chi connectivity index (χ0n) is 12.3. The third-order valence-corrected chi connectivity index (χ3v) is 3.35. The number of aryl methyl sites for hydroxylation is 1. The van der Waals surface area contributed by atoms with Crippen molar-refractivity contribution in [2.75, 3.05) is 10.6 Å². The zero-order chi connectivity index (χ0) is 17.9. The number of hydrogen-bond acceptors (Lipinski definition) is 3. The number of para-hydroxylation sites is 1. The van der Waals surface area contributed by atoms with E-state index in [0.717, 1.165) is 6.07 Å². The van der Waals surface area contributed by atoms with Crippen molar-refractivity contribution in [2.45, 2.75) is 13.1 Å². The Kier molecular flexibility index (Phi) is 5.03. The second-order valence-electron chi connectivity index (χ2n) is 4.88. The number of nitrogens with one attached hydrogen (secondary N) is 2. The van der Waals surface area contributed by atoms with Crippen LogP contribution in [0.2, 0.25) is 0 Å². The van der Waals surface area contributed by atoms with Crippen LogP contribution >= 0.6 is 12.2 Å². The standard InChI is InChI=1S/C15H12F3N3O2S/c1-9-6-7-10(8-13(9)21(22)23)19-14(24)20-12-5-3-2-4-11(12)15(16,17)18/h2-8H,1H3,(H2,19,20,24). The third-order valence-electron chi connectivity index (χ3n) is 3.14. The van der Waals surface area contributed by atoms with Gasteiger partial charge in [0.1, 0.15) is 0 Å². The summed E-state index contributed by atoms with van der Waals surface area (Å²) in [6.07, 6.45) is -4.53.